The number of unbranched alkanes of at least 4 members (excludes halogenated alkanes) is 1. The van der Waals surface area contributed by atoms with Gasteiger partial charge in [0.25, 0.3) is 0 Å². The number of nitrogens with two attached hydrogens (primary N) is 1. The van der Waals surface area contributed by atoms with Crippen LogP contribution in [0.2, 0.25) is 0 Å². The summed E-state index contributed by atoms with van der Waals surface area (Å²) in [6, 6.07) is 13.8. The third kappa shape index (κ3) is 9.20. The van der Waals surface area contributed by atoms with Crippen LogP contribution in [-0.2, 0) is 14.4 Å². The number of amides is 2. The van der Waals surface area contributed by atoms with E-state index in [0.29, 0.717) is 59.0 Å². The molecule has 1 aliphatic rings. The smallest absolute Gasteiger partial charge is 0.240 e. The number of nitrogens with zero attached hydrogens (tertiary/aromatic N) is 1. The zero-order valence-corrected chi connectivity index (χ0v) is 29.4. The quantitative estimate of drug-likeness (QED) is 0.0838. The summed E-state index contributed by atoms with van der Waals surface area (Å²) in [7, 11) is 1.51. The summed E-state index contributed by atoms with van der Waals surface area (Å²) in [5.74, 6) is -0.355. The van der Waals surface area contributed by atoms with E-state index >= 15 is 4.39 Å². The molecule has 266 valence electrons. The van der Waals surface area contributed by atoms with E-state index in [2.05, 4.69) is 15.6 Å². The molecule has 3 aromatic carbocycles. The lowest BCUT2D eigenvalue weighted by Crippen LogP contribution is -2.35. The Labute approximate surface area is 299 Å². The number of carbonyl (C=O) groups excluding carboxylic acids is 3. The van der Waals surface area contributed by atoms with Crippen LogP contribution in [0.5, 0.6) is 23.0 Å². The highest BCUT2D eigenvalue weighted by Crippen LogP contribution is 2.47. The Morgan fingerprint density at radius 1 is 0.900 bits per heavy atom. The van der Waals surface area contributed by atoms with Crippen molar-refractivity contribution < 1.29 is 37.4 Å². The van der Waals surface area contributed by atoms with Crippen molar-refractivity contribution in [2.45, 2.75) is 45.6 Å². The van der Waals surface area contributed by atoms with Crippen molar-refractivity contribution in [1.82, 2.24) is 4.98 Å². The minimum Gasteiger partial charge on any atom is -0.493 e. The molecular weight excluding hydrogens is 690 g/mol. The molecule has 0 unspecified atom stereocenters. The Hall–Kier alpha value is -4.46. The molecule has 1 aliphatic carbocycles. The summed E-state index contributed by atoms with van der Waals surface area (Å²) >= 11 is 1.24. The SMILES string of the molecule is COc1cc2c(Oc3ccc(NC(=O)C4(C(=O)Nc5ccc(F)cc5)CC4)cc3F)ccnc2cc1OCCCCSC(=O)[C@@H](N)C(C)C.Cl. The predicted octanol–water partition coefficient (Wildman–Crippen LogP) is 7.50. The molecule has 50 heavy (non-hydrogen) atoms. The van der Waals surface area contributed by atoms with Gasteiger partial charge >= 0.3 is 0 Å². The molecule has 0 radical (unpaired) electrons. The molecule has 0 bridgehead atoms. The fraction of sp³-hybridized carbons (Fsp3) is 0.333. The van der Waals surface area contributed by atoms with E-state index in [1.165, 1.54) is 61.5 Å². The third-order valence-corrected chi connectivity index (χ3v) is 9.20. The van der Waals surface area contributed by atoms with Gasteiger partial charge in [0.1, 0.15) is 17.0 Å². The number of halogens is 3. The number of pyridine rings is 1. The Bertz CT molecular complexity index is 1840. The summed E-state index contributed by atoms with van der Waals surface area (Å²) < 4.78 is 45.9. The van der Waals surface area contributed by atoms with Gasteiger partial charge in [0.15, 0.2) is 23.1 Å². The Kier molecular flexibility index (Phi) is 13.0. The number of thioether (sulfide) groups is 1. The van der Waals surface area contributed by atoms with Gasteiger partial charge in [-0.05, 0) is 80.1 Å². The minimum atomic E-state index is -1.29. The van der Waals surface area contributed by atoms with Gasteiger partial charge in [-0.3, -0.25) is 19.4 Å². The Morgan fingerprint density at radius 2 is 1.58 bits per heavy atom. The molecule has 0 spiro atoms. The van der Waals surface area contributed by atoms with Crippen molar-refractivity contribution in [2.75, 3.05) is 30.1 Å². The molecule has 0 saturated heterocycles. The van der Waals surface area contributed by atoms with Crippen LogP contribution in [0.3, 0.4) is 0 Å². The summed E-state index contributed by atoms with van der Waals surface area (Å²) in [5, 5.41) is 5.82. The molecule has 4 N–H and O–H groups in total. The zero-order valence-electron chi connectivity index (χ0n) is 27.8. The topological polar surface area (TPSA) is 142 Å². The molecule has 1 atom stereocenters. The van der Waals surface area contributed by atoms with Crippen molar-refractivity contribution in [3.63, 3.8) is 0 Å². The van der Waals surface area contributed by atoms with Crippen LogP contribution in [0, 0.1) is 23.0 Å². The summed E-state index contributed by atoms with van der Waals surface area (Å²) in [6.07, 6.45) is 3.68. The number of benzene rings is 3. The van der Waals surface area contributed by atoms with Gasteiger partial charge in [-0.2, -0.15) is 0 Å². The third-order valence-electron chi connectivity index (χ3n) is 8.15. The first kappa shape index (κ1) is 38.3. The average Bonchev–Trinajstić information content (AvgIpc) is 3.90. The number of hydrogen-bond acceptors (Lipinski definition) is 9. The first-order chi connectivity index (χ1) is 23.5. The van der Waals surface area contributed by atoms with Crippen molar-refractivity contribution >= 4 is 63.4 Å². The molecule has 10 nitrogen and oxygen atoms in total. The normalized spacial score (nSPS) is 13.6. The van der Waals surface area contributed by atoms with E-state index in [9.17, 15) is 18.8 Å². The van der Waals surface area contributed by atoms with Gasteiger partial charge in [0.2, 0.25) is 16.9 Å². The van der Waals surface area contributed by atoms with Gasteiger partial charge in [0.05, 0.1) is 25.3 Å². The number of carbonyl (C=O) groups is 3. The largest absolute Gasteiger partial charge is 0.493 e. The van der Waals surface area contributed by atoms with E-state index in [4.69, 9.17) is 19.9 Å². The molecule has 1 aromatic heterocycles. The molecule has 14 heteroatoms. The number of aromatic nitrogens is 1. The maximum Gasteiger partial charge on any atom is 0.240 e. The van der Waals surface area contributed by atoms with Gasteiger partial charge in [-0.1, -0.05) is 25.6 Å². The van der Waals surface area contributed by atoms with Crippen LogP contribution in [0.25, 0.3) is 10.9 Å². The fourth-order valence-electron chi connectivity index (χ4n) is 4.91. The van der Waals surface area contributed by atoms with Crippen LogP contribution >= 0.6 is 24.2 Å². The van der Waals surface area contributed by atoms with Gasteiger partial charge in [0, 0.05) is 40.8 Å². The van der Waals surface area contributed by atoms with Gasteiger partial charge in [-0.15, -0.1) is 12.4 Å². The number of ether oxygens (including phenoxy) is 3. The number of fused-ring (bicyclic) bond motifs is 1. The lowest BCUT2D eigenvalue weighted by molar-refractivity contribution is -0.131. The van der Waals surface area contributed by atoms with Crippen molar-refractivity contribution in [3.8, 4) is 23.0 Å². The lowest BCUT2D eigenvalue weighted by Gasteiger charge is -2.16. The minimum absolute atomic E-state index is 0. The molecule has 0 aliphatic heterocycles. The van der Waals surface area contributed by atoms with Crippen LogP contribution in [-0.4, -0.2) is 47.4 Å². The van der Waals surface area contributed by atoms with Crippen LogP contribution in [0.15, 0.2) is 66.9 Å². The maximum absolute atomic E-state index is 15.3. The highest BCUT2D eigenvalue weighted by molar-refractivity contribution is 8.13. The van der Waals surface area contributed by atoms with E-state index in [1.807, 2.05) is 13.8 Å². The highest BCUT2D eigenvalue weighted by atomic mass is 35.5. The second kappa shape index (κ2) is 17.0. The monoisotopic (exact) mass is 728 g/mol. The van der Waals surface area contributed by atoms with E-state index < -0.39 is 34.9 Å². The van der Waals surface area contributed by atoms with E-state index in [1.54, 1.807) is 18.2 Å². The van der Waals surface area contributed by atoms with E-state index in [0.717, 1.165) is 18.9 Å². The zero-order chi connectivity index (χ0) is 35.1. The number of anilines is 2. The number of methoxy groups -OCH3 is 1. The molecule has 1 fully saturated rings. The van der Waals surface area contributed by atoms with Crippen molar-refractivity contribution in [1.29, 1.82) is 0 Å². The Balaban J connectivity index is 0.00000562. The fourth-order valence-corrected chi connectivity index (χ4v) is 5.93. The maximum atomic E-state index is 15.3. The standard InChI is InChI=1S/C36H38F2N4O6S.ClH/c1-21(2)32(39)33(43)49-17-5-4-16-47-31-20-27-25(19-30(31)46-3)28(12-15-40-27)48-29-11-10-24(18-26(29)38)42-35(45)36(13-14-36)34(44)41-23-8-6-22(37)7-9-23;/h6-12,15,18-21,32H,4-5,13-14,16-17,39H2,1-3H3,(H,41,44)(H,42,45);1H/t32-;/m0./s1. The van der Waals surface area contributed by atoms with Crippen LogP contribution in [0.4, 0.5) is 20.2 Å². The predicted molar refractivity (Wildman–Crippen MR) is 192 cm³/mol. The number of hydrogen-bond donors (Lipinski definition) is 3. The second-order valence-corrected chi connectivity index (χ2v) is 13.2. The Morgan fingerprint density at radius 3 is 2.22 bits per heavy atom. The van der Waals surface area contributed by atoms with Gasteiger partial charge in [-0.25, -0.2) is 8.78 Å². The number of nitrogens with one attached hydrogen (secondary N) is 2. The summed E-state index contributed by atoms with van der Waals surface area (Å²) in [6.45, 7) is 4.24. The molecule has 4 aromatic rings. The number of rotatable bonds is 15. The van der Waals surface area contributed by atoms with Crippen LogP contribution in [0.1, 0.15) is 39.5 Å². The van der Waals surface area contributed by atoms with Crippen LogP contribution < -0.4 is 30.6 Å². The average molecular weight is 729 g/mol. The second-order valence-electron chi connectivity index (χ2n) is 12.1. The highest BCUT2D eigenvalue weighted by Gasteiger charge is 2.56. The molecule has 5 rings (SSSR count). The first-order valence-electron chi connectivity index (χ1n) is 15.9. The van der Waals surface area contributed by atoms with Gasteiger partial charge < -0.3 is 30.6 Å². The molecular formula is C36H39ClF2N4O6S. The first-order valence-corrected chi connectivity index (χ1v) is 16.9. The van der Waals surface area contributed by atoms with E-state index in [-0.39, 0.29) is 34.9 Å². The molecule has 1 heterocycles. The van der Waals surface area contributed by atoms with Crippen molar-refractivity contribution in [2.24, 2.45) is 17.1 Å². The molecule has 1 saturated carbocycles. The molecule has 2 amide bonds. The lowest BCUT2D eigenvalue weighted by atomic mass is 10.0. The summed E-state index contributed by atoms with van der Waals surface area (Å²) in [4.78, 5) is 42.4. The van der Waals surface area contributed by atoms with Crippen molar-refractivity contribution in [3.05, 3.63) is 78.5 Å². The summed E-state index contributed by atoms with van der Waals surface area (Å²) in [5.41, 5.74) is 5.67.